The molecule has 0 bridgehead atoms. The Morgan fingerprint density at radius 1 is 1.15 bits per heavy atom. The van der Waals surface area contributed by atoms with Crippen molar-refractivity contribution >= 4 is 5.78 Å². The first-order chi connectivity index (χ1) is 9.57. The minimum atomic E-state index is -0.0690. The molecule has 0 amide bonds. The van der Waals surface area contributed by atoms with Gasteiger partial charge in [-0.25, -0.2) is 0 Å². The van der Waals surface area contributed by atoms with Gasteiger partial charge in [-0.2, -0.15) is 0 Å². The molecule has 0 atom stereocenters. The first-order valence-corrected chi connectivity index (χ1v) is 8.21. The Balaban J connectivity index is 2.19. The normalized spacial score (nSPS) is 17.6. The highest BCUT2D eigenvalue weighted by atomic mass is 16.1. The van der Waals surface area contributed by atoms with Crippen LogP contribution in [0.4, 0.5) is 0 Å². The van der Waals surface area contributed by atoms with Gasteiger partial charge in [-0.05, 0) is 37.2 Å². The maximum Gasteiger partial charge on any atom is 0.169 e. The van der Waals surface area contributed by atoms with E-state index in [-0.39, 0.29) is 5.41 Å². The average molecular weight is 272 g/mol. The van der Waals surface area contributed by atoms with Crippen molar-refractivity contribution in [1.29, 1.82) is 0 Å². The average Bonchev–Trinajstić information content (AvgIpc) is 2.88. The summed E-state index contributed by atoms with van der Waals surface area (Å²) >= 11 is 0. The molecule has 0 radical (unpaired) electrons. The van der Waals surface area contributed by atoms with Crippen molar-refractivity contribution in [2.24, 2.45) is 11.3 Å². The molecule has 0 spiro atoms. The van der Waals surface area contributed by atoms with Crippen LogP contribution in [0.15, 0.2) is 24.3 Å². The van der Waals surface area contributed by atoms with Gasteiger partial charge >= 0.3 is 0 Å². The van der Waals surface area contributed by atoms with Gasteiger partial charge in [0.1, 0.15) is 0 Å². The van der Waals surface area contributed by atoms with Crippen molar-refractivity contribution in [2.75, 3.05) is 0 Å². The van der Waals surface area contributed by atoms with Gasteiger partial charge in [-0.15, -0.1) is 0 Å². The number of aryl methyl sites for hydroxylation is 1. The highest BCUT2D eigenvalue weighted by molar-refractivity contribution is 6.00. The molecular formula is C19H28O. The molecule has 20 heavy (non-hydrogen) atoms. The molecule has 1 heteroatoms. The standard InChI is InChI=1S/C19H28O/c1-4-7-16-8-10-17(11-9-16)18(20)19(14-15(2)3)12-5-6-13-19/h8-11,15H,4-7,12-14H2,1-3H3. The van der Waals surface area contributed by atoms with Crippen LogP contribution in [-0.2, 0) is 6.42 Å². The number of carbonyl (C=O) groups excluding carboxylic acids is 1. The lowest BCUT2D eigenvalue weighted by molar-refractivity contribution is 0.0760. The molecule has 2 rings (SSSR count). The molecular weight excluding hydrogens is 244 g/mol. The summed E-state index contributed by atoms with van der Waals surface area (Å²) in [6.45, 7) is 6.66. The zero-order chi connectivity index (χ0) is 14.6. The van der Waals surface area contributed by atoms with Crippen molar-refractivity contribution in [2.45, 2.75) is 65.7 Å². The molecule has 1 saturated carbocycles. The van der Waals surface area contributed by atoms with Gasteiger partial charge in [-0.3, -0.25) is 4.79 Å². The lowest BCUT2D eigenvalue weighted by atomic mass is 9.73. The molecule has 0 saturated heterocycles. The third kappa shape index (κ3) is 3.31. The summed E-state index contributed by atoms with van der Waals surface area (Å²) in [7, 11) is 0. The smallest absolute Gasteiger partial charge is 0.169 e. The maximum atomic E-state index is 13.0. The molecule has 0 heterocycles. The van der Waals surface area contributed by atoms with E-state index in [4.69, 9.17) is 0 Å². The predicted molar refractivity (Wildman–Crippen MR) is 85.1 cm³/mol. The van der Waals surface area contributed by atoms with Crippen LogP contribution in [0.1, 0.15) is 75.2 Å². The van der Waals surface area contributed by atoms with E-state index in [1.807, 2.05) is 12.1 Å². The molecule has 1 aromatic rings. The van der Waals surface area contributed by atoms with Crippen molar-refractivity contribution in [3.63, 3.8) is 0 Å². The quantitative estimate of drug-likeness (QED) is 0.631. The first-order valence-electron chi connectivity index (χ1n) is 8.21. The van der Waals surface area contributed by atoms with Crippen LogP contribution in [0.3, 0.4) is 0 Å². The molecule has 1 aliphatic rings. The number of ketones is 1. The highest BCUT2D eigenvalue weighted by Gasteiger charge is 2.41. The fourth-order valence-corrected chi connectivity index (χ4v) is 3.77. The number of rotatable bonds is 6. The van der Waals surface area contributed by atoms with Crippen LogP contribution in [0.5, 0.6) is 0 Å². The van der Waals surface area contributed by atoms with Crippen molar-refractivity contribution in [1.82, 2.24) is 0 Å². The topological polar surface area (TPSA) is 17.1 Å². The third-order valence-corrected chi connectivity index (χ3v) is 4.60. The Morgan fingerprint density at radius 2 is 1.75 bits per heavy atom. The summed E-state index contributed by atoms with van der Waals surface area (Å²) in [5.41, 5.74) is 2.20. The van der Waals surface area contributed by atoms with Crippen molar-refractivity contribution in [3.8, 4) is 0 Å². The number of carbonyl (C=O) groups is 1. The van der Waals surface area contributed by atoms with E-state index < -0.39 is 0 Å². The number of hydrogen-bond donors (Lipinski definition) is 0. The van der Waals surface area contributed by atoms with Gasteiger partial charge in [-0.1, -0.05) is 64.3 Å². The van der Waals surface area contributed by atoms with Gasteiger partial charge < -0.3 is 0 Å². The summed E-state index contributed by atoms with van der Waals surface area (Å²) in [6, 6.07) is 8.37. The van der Waals surface area contributed by atoms with Gasteiger partial charge in [0.15, 0.2) is 5.78 Å². The van der Waals surface area contributed by atoms with Crippen LogP contribution in [-0.4, -0.2) is 5.78 Å². The fourth-order valence-electron chi connectivity index (χ4n) is 3.77. The molecule has 1 aliphatic carbocycles. The molecule has 1 nitrogen and oxygen atoms in total. The summed E-state index contributed by atoms with van der Waals surface area (Å²) in [5.74, 6) is 0.989. The van der Waals surface area contributed by atoms with E-state index in [1.165, 1.54) is 18.4 Å². The third-order valence-electron chi connectivity index (χ3n) is 4.60. The van der Waals surface area contributed by atoms with E-state index in [2.05, 4.69) is 32.9 Å². The Kier molecular flexibility index (Phi) is 5.01. The van der Waals surface area contributed by atoms with Crippen LogP contribution in [0.25, 0.3) is 0 Å². The Morgan fingerprint density at radius 3 is 2.25 bits per heavy atom. The molecule has 1 aromatic carbocycles. The van der Waals surface area contributed by atoms with E-state index in [9.17, 15) is 4.79 Å². The number of hydrogen-bond acceptors (Lipinski definition) is 1. The minimum absolute atomic E-state index is 0.0690. The number of Topliss-reactive ketones (excluding diaryl/α,β-unsaturated/α-hetero) is 1. The SMILES string of the molecule is CCCc1ccc(C(=O)C2(CC(C)C)CCCC2)cc1. The summed E-state index contributed by atoms with van der Waals surface area (Å²) < 4.78 is 0. The molecule has 1 fully saturated rings. The molecule has 110 valence electrons. The molecule has 0 aromatic heterocycles. The highest BCUT2D eigenvalue weighted by Crippen LogP contribution is 2.45. The van der Waals surface area contributed by atoms with E-state index in [0.29, 0.717) is 11.7 Å². The summed E-state index contributed by atoms with van der Waals surface area (Å²) in [4.78, 5) is 13.0. The van der Waals surface area contributed by atoms with Gasteiger partial charge in [0, 0.05) is 11.0 Å². The largest absolute Gasteiger partial charge is 0.294 e. The minimum Gasteiger partial charge on any atom is -0.294 e. The lowest BCUT2D eigenvalue weighted by Gasteiger charge is -2.29. The van der Waals surface area contributed by atoms with Crippen LogP contribution in [0.2, 0.25) is 0 Å². The van der Waals surface area contributed by atoms with Gasteiger partial charge in [0.25, 0.3) is 0 Å². The second-order valence-corrected chi connectivity index (χ2v) is 6.86. The predicted octanol–water partition coefficient (Wildman–Crippen LogP) is 5.43. The van der Waals surface area contributed by atoms with Gasteiger partial charge in [0.2, 0.25) is 0 Å². The van der Waals surface area contributed by atoms with Crippen molar-refractivity contribution < 1.29 is 4.79 Å². The van der Waals surface area contributed by atoms with E-state index in [1.54, 1.807) is 0 Å². The van der Waals surface area contributed by atoms with Crippen LogP contribution >= 0.6 is 0 Å². The second kappa shape index (κ2) is 6.56. The Hall–Kier alpha value is -1.11. The monoisotopic (exact) mass is 272 g/mol. The summed E-state index contributed by atoms with van der Waals surface area (Å²) in [6.07, 6.45) is 7.90. The lowest BCUT2D eigenvalue weighted by Crippen LogP contribution is -2.29. The first kappa shape index (κ1) is 15.3. The van der Waals surface area contributed by atoms with Crippen molar-refractivity contribution in [3.05, 3.63) is 35.4 Å². The Bertz CT molecular complexity index is 435. The second-order valence-electron chi connectivity index (χ2n) is 6.86. The van der Waals surface area contributed by atoms with E-state index in [0.717, 1.165) is 37.7 Å². The summed E-state index contributed by atoms with van der Waals surface area (Å²) in [5, 5.41) is 0. The molecule has 0 unspecified atom stereocenters. The molecule has 0 aliphatic heterocycles. The zero-order valence-electron chi connectivity index (χ0n) is 13.2. The Labute approximate surface area is 123 Å². The fraction of sp³-hybridized carbons (Fsp3) is 0.632. The van der Waals surface area contributed by atoms with Gasteiger partial charge in [0.05, 0.1) is 0 Å². The molecule has 0 N–H and O–H groups in total. The van der Waals surface area contributed by atoms with E-state index >= 15 is 0 Å². The van der Waals surface area contributed by atoms with Crippen LogP contribution < -0.4 is 0 Å². The zero-order valence-corrected chi connectivity index (χ0v) is 13.2. The number of benzene rings is 1. The maximum absolute atomic E-state index is 13.0. The van der Waals surface area contributed by atoms with Crippen LogP contribution in [0, 0.1) is 11.3 Å².